The lowest BCUT2D eigenvalue weighted by Gasteiger charge is -2.10. The van der Waals surface area contributed by atoms with Crippen molar-refractivity contribution >= 4 is 5.69 Å². The summed E-state index contributed by atoms with van der Waals surface area (Å²) in [6, 6.07) is -1.28. The lowest BCUT2D eigenvalue weighted by atomic mass is 10.3. The highest BCUT2D eigenvalue weighted by molar-refractivity contribution is 5.43. The van der Waals surface area contributed by atoms with Crippen LogP contribution in [0.3, 0.4) is 0 Å². The lowest BCUT2D eigenvalue weighted by molar-refractivity contribution is 1.13. The van der Waals surface area contributed by atoms with Gasteiger partial charge in [-0.1, -0.05) is 18.1 Å². The minimum absolute atomic E-state index is 0.166. The molecule has 0 saturated heterocycles. The van der Waals surface area contributed by atoms with Gasteiger partial charge in [-0.3, -0.25) is 0 Å². The molecular weight excluding hydrogens is 110 g/mol. The summed E-state index contributed by atoms with van der Waals surface area (Å²) < 4.78 is 37.3. The zero-order chi connectivity index (χ0) is 11.0. The van der Waals surface area contributed by atoms with Gasteiger partial charge in [0.2, 0.25) is 0 Å². The van der Waals surface area contributed by atoms with Crippen LogP contribution in [0, 0.1) is 0 Å². The molecule has 48 valence electrons. The number of hydrogen-bond donors (Lipinski definition) is 0. The molecule has 0 amide bonds. The molecule has 0 aromatic heterocycles. The van der Waals surface area contributed by atoms with Crippen LogP contribution in [0.2, 0.25) is 0 Å². The van der Waals surface area contributed by atoms with Gasteiger partial charge >= 0.3 is 0 Å². The third-order valence-electron chi connectivity index (χ3n) is 0.934. The highest BCUT2D eigenvalue weighted by atomic mass is 15.1. The van der Waals surface area contributed by atoms with Gasteiger partial charge in [0.15, 0.2) is 0 Å². The Kier molecular flexibility index (Phi) is 0.656. The van der Waals surface area contributed by atoms with E-state index in [1.807, 2.05) is 0 Å². The number of nitrogens with zero attached hydrogens (tertiary/aromatic N) is 1. The van der Waals surface area contributed by atoms with E-state index in [1.165, 1.54) is 4.90 Å². The summed E-state index contributed by atoms with van der Waals surface area (Å²) in [5.41, 5.74) is 0.219. The maximum Gasteiger partial charge on any atom is 0.0645 e. The van der Waals surface area contributed by atoms with Crippen LogP contribution in [0.15, 0.2) is 30.2 Å². The molecule has 1 rings (SSSR count). The van der Waals surface area contributed by atoms with E-state index in [0.717, 1.165) is 0 Å². The van der Waals surface area contributed by atoms with E-state index < -0.39 is 0 Å². The topological polar surface area (TPSA) is 3.24 Å². The van der Waals surface area contributed by atoms with Crippen molar-refractivity contribution in [3.05, 3.63) is 30.2 Å². The normalized spacial score (nSPS) is 16.9. The van der Waals surface area contributed by atoms with Crippen LogP contribution in [-0.2, 0) is 0 Å². The van der Waals surface area contributed by atoms with Crippen molar-refractivity contribution in [2.24, 2.45) is 0 Å². The third-order valence-corrected chi connectivity index (χ3v) is 0.934. The monoisotopic (exact) mass is 131 g/mol. The molecule has 0 saturated carbocycles. The van der Waals surface area contributed by atoms with Gasteiger partial charge in [-0.15, -0.1) is 0 Å². The zero-order valence-corrected chi connectivity index (χ0v) is 5.45. The molecule has 0 bridgehead atoms. The van der Waals surface area contributed by atoms with Crippen molar-refractivity contribution in [2.75, 3.05) is 19.0 Å². The van der Waals surface area contributed by atoms with Crippen molar-refractivity contribution in [3.63, 3.8) is 0 Å². The van der Waals surface area contributed by atoms with Crippen LogP contribution in [0.1, 0.15) is 6.85 Å². The van der Waals surface area contributed by atoms with Gasteiger partial charge in [0.1, 0.15) is 0 Å². The zero-order valence-electron chi connectivity index (χ0n) is 10.4. The van der Waals surface area contributed by atoms with Crippen LogP contribution >= 0.6 is 0 Å². The highest BCUT2D eigenvalue weighted by Crippen LogP contribution is 2.07. The number of benzene rings is 1. The Morgan fingerprint density at radius 1 is 1.22 bits per heavy atom. The number of anilines is 1. The Bertz CT molecular complexity index is 345. The van der Waals surface area contributed by atoms with Crippen LogP contribution in [0.5, 0.6) is 0 Å². The van der Waals surface area contributed by atoms with Crippen molar-refractivity contribution in [2.45, 2.75) is 0 Å². The van der Waals surface area contributed by atoms with E-state index in [2.05, 4.69) is 0 Å². The van der Waals surface area contributed by atoms with Gasteiger partial charge in [-0.25, -0.2) is 0 Å². The standard InChI is InChI=1S/C8H11N/c1-9(2)8-6-4-3-5-7-8/h3-7H,1-2H3/i3T,4T,5T,6T,7T. The summed E-state index contributed by atoms with van der Waals surface area (Å²) in [4.78, 5) is 1.51. The average molecular weight is 131 g/mol. The molecule has 0 heterocycles. The Morgan fingerprint density at radius 3 is 2.22 bits per heavy atom. The second-order valence-corrected chi connectivity index (χ2v) is 1.87. The molecule has 0 spiro atoms. The van der Waals surface area contributed by atoms with Gasteiger partial charge < -0.3 is 4.90 Å². The van der Waals surface area contributed by atoms with Gasteiger partial charge in [0.25, 0.3) is 0 Å². The van der Waals surface area contributed by atoms with Gasteiger partial charge in [-0.05, 0) is 12.1 Å². The first-order valence-corrected chi connectivity index (χ1v) is 2.62. The van der Waals surface area contributed by atoms with E-state index in [9.17, 15) is 0 Å². The van der Waals surface area contributed by atoms with E-state index in [-0.39, 0.29) is 35.9 Å². The fraction of sp³-hybridized carbons (Fsp3) is 0.250. The minimum Gasteiger partial charge on any atom is -0.378 e. The maximum absolute atomic E-state index is 7.55. The fourth-order valence-corrected chi connectivity index (χ4v) is 0.467. The molecule has 1 nitrogen and oxygen atoms in total. The second-order valence-electron chi connectivity index (χ2n) is 1.87. The Balaban J connectivity index is 3.60. The lowest BCUT2D eigenvalue weighted by Crippen LogP contribution is -2.07. The van der Waals surface area contributed by atoms with Crippen LogP contribution in [0.4, 0.5) is 5.69 Å². The first kappa shape index (κ1) is 2.33. The first-order valence-electron chi connectivity index (χ1n) is 5.12. The largest absolute Gasteiger partial charge is 0.378 e. The molecule has 1 aromatic rings. The molecule has 0 aliphatic carbocycles. The van der Waals surface area contributed by atoms with Crippen LogP contribution in [0.25, 0.3) is 0 Å². The summed E-state index contributed by atoms with van der Waals surface area (Å²) >= 11 is 0. The fourth-order valence-electron chi connectivity index (χ4n) is 0.467. The molecule has 0 unspecified atom stereocenters. The molecule has 1 aromatic carbocycles. The van der Waals surface area contributed by atoms with E-state index in [0.29, 0.717) is 0 Å². The number of rotatable bonds is 1. The maximum atomic E-state index is 7.55. The van der Waals surface area contributed by atoms with Gasteiger partial charge in [-0.2, -0.15) is 0 Å². The number of para-hydroxylation sites is 1. The molecule has 1 heteroatoms. The molecule has 9 heavy (non-hydrogen) atoms. The average Bonchev–Trinajstić information content (AvgIpc) is 2.11. The molecule has 0 N–H and O–H groups in total. The molecule has 0 aliphatic rings. The van der Waals surface area contributed by atoms with Crippen molar-refractivity contribution in [3.8, 4) is 0 Å². The van der Waals surface area contributed by atoms with E-state index >= 15 is 0 Å². The predicted octanol–water partition coefficient (Wildman–Crippen LogP) is 1.75. The molecular formula is C8H11N. The second kappa shape index (κ2) is 2.53. The smallest absolute Gasteiger partial charge is 0.0645 e. The summed E-state index contributed by atoms with van der Waals surface area (Å²) in [5, 5.41) is 0. The van der Waals surface area contributed by atoms with E-state index in [1.54, 1.807) is 14.1 Å². The summed E-state index contributed by atoms with van der Waals surface area (Å²) in [5.74, 6) is 0. The Morgan fingerprint density at radius 2 is 1.78 bits per heavy atom. The number of hydrogen-bond acceptors (Lipinski definition) is 1. The third kappa shape index (κ3) is 1.46. The highest BCUT2D eigenvalue weighted by Gasteiger charge is 1.87. The van der Waals surface area contributed by atoms with Crippen molar-refractivity contribution < 1.29 is 6.85 Å². The molecule has 0 fully saturated rings. The predicted molar refractivity (Wildman–Crippen MR) is 40.8 cm³/mol. The van der Waals surface area contributed by atoms with Crippen molar-refractivity contribution in [1.29, 1.82) is 0 Å². The summed E-state index contributed by atoms with van der Waals surface area (Å²) in [6.07, 6.45) is 0. The Hall–Kier alpha value is -0.980. The Labute approximate surface area is 62.9 Å². The molecule has 0 aliphatic heterocycles. The summed E-state index contributed by atoms with van der Waals surface area (Å²) in [7, 11) is 3.29. The summed E-state index contributed by atoms with van der Waals surface area (Å²) in [6.45, 7) is 0. The van der Waals surface area contributed by atoms with Crippen LogP contribution in [-0.4, -0.2) is 14.1 Å². The van der Waals surface area contributed by atoms with Gasteiger partial charge in [0, 0.05) is 19.8 Å². The molecule has 0 radical (unpaired) electrons. The first-order chi connectivity index (χ1) is 6.37. The van der Waals surface area contributed by atoms with Gasteiger partial charge in [0.05, 0.1) is 6.85 Å². The van der Waals surface area contributed by atoms with Crippen molar-refractivity contribution in [1.82, 2.24) is 0 Å². The van der Waals surface area contributed by atoms with Crippen LogP contribution < -0.4 is 4.90 Å². The SMILES string of the molecule is [3H]c1c([3H])c([3H])c(N(C)C)c([3H])c1[3H]. The molecule has 0 atom stereocenters. The minimum atomic E-state index is -0.356. The van der Waals surface area contributed by atoms with E-state index in [4.69, 9.17) is 6.85 Å². The quantitative estimate of drug-likeness (QED) is 0.561.